The van der Waals surface area contributed by atoms with Gasteiger partial charge in [0.2, 0.25) is 5.91 Å². The van der Waals surface area contributed by atoms with Gasteiger partial charge in [-0.15, -0.1) is 0 Å². The van der Waals surface area contributed by atoms with Gasteiger partial charge in [-0.3, -0.25) is 4.79 Å². The van der Waals surface area contributed by atoms with Gasteiger partial charge < -0.3 is 15.5 Å². The Labute approximate surface area is 156 Å². The molecule has 0 spiro atoms. The molecule has 2 heterocycles. The Morgan fingerprint density at radius 1 is 1.23 bits per heavy atom. The van der Waals surface area contributed by atoms with Crippen LogP contribution < -0.4 is 15.5 Å². The highest BCUT2D eigenvalue weighted by Gasteiger charge is 2.30. The molecule has 1 amide bonds. The lowest BCUT2D eigenvalue weighted by Crippen LogP contribution is -2.52. The molecule has 6 nitrogen and oxygen atoms in total. The average Bonchev–Trinajstić information content (AvgIpc) is 2.61. The van der Waals surface area contributed by atoms with Crippen LogP contribution in [-0.2, 0) is 14.6 Å². The molecule has 7 heteroatoms. The van der Waals surface area contributed by atoms with Crippen LogP contribution in [0.15, 0.2) is 29.2 Å². The van der Waals surface area contributed by atoms with E-state index in [1.807, 2.05) is 19.1 Å². The minimum absolute atomic E-state index is 0.0716. The van der Waals surface area contributed by atoms with Gasteiger partial charge in [-0.2, -0.15) is 0 Å². The fourth-order valence-corrected chi connectivity index (χ4v) is 4.41. The summed E-state index contributed by atoms with van der Waals surface area (Å²) in [4.78, 5) is 15.0. The molecule has 3 rings (SSSR count). The van der Waals surface area contributed by atoms with Crippen LogP contribution >= 0.6 is 0 Å². The van der Waals surface area contributed by atoms with Crippen molar-refractivity contribution in [2.75, 3.05) is 36.8 Å². The molecule has 1 aromatic carbocycles. The van der Waals surface area contributed by atoms with Crippen LogP contribution in [0.2, 0.25) is 0 Å². The van der Waals surface area contributed by atoms with Gasteiger partial charge in [0.15, 0.2) is 9.84 Å². The zero-order valence-electron chi connectivity index (χ0n) is 15.6. The first-order chi connectivity index (χ1) is 12.4. The first-order valence-corrected chi connectivity index (χ1v) is 11.1. The molecule has 0 radical (unpaired) electrons. The highest BCUT2D eigenvalue weighted by molar-refractivity contribution is 7.91. The van der Waals surface area contributed by atoms with E-state index in [-0.39, 0.29) is 23.6 Å². The summed E-state index contributed by atoms with van der Waals surface area (Å²) in [6.45, 7) is 7.29. The summed E-state index contributed by atoms with van der Waals surface area (Å²) in [5, 5.41) is 6.42. The monoisotopic (exact) mass is 379 g/mol. The summed E-state index contributed by atoms with van der Waals surface area (Å²) in [6.07, 6.45) is 1.83. The van der Waals surface area contributed by atoms with Crippen molar-refractivity contribution < 1.29 is 13.2 Å². The lowest BCUT2D eigenvalue weighted by Gasteiger charge is -2.36. The quantitative estimate of drug-likeness (QED) is 0.782. The number of rotatable bonds is 6. The Bertz CT molecular complexity index is 721. The Morgan fingerprint density at radius 2 is 1.85 bits per heavy atom. The lowest BCUT2D eigenvalue weighted by molar-refractivity contribution is -0.127. The van der Waals surface area contributed by atoms with Crippen molar-refractivity contribution in [1.29, 1.82) is 0 Å². The van der Waals surface area contributed by atoms with E-state index >= 15 is 0 Å². The van der Waals surface area contributed by atoms with Crippen LogP contribution in [0.25, 0.3) is 0 Å². The highest BCUT2D eigenvalue weighted by Crippen LogP contribution is 2.23. The maximum Gasteiger partial charge on any atom is 0.223 e. The van der Waals surface area contributed by atoms with Crippen LogP contribution in [0.5, 0.6) is 0 Å². The van der Waals surface area contributed by atoms with Crippen LogP contribution in [0.4, 0.5) is 5.69 Å². The van der Waals surface area contributed by atoms with Crippen LogP contribution in [-0.4, -0.2) is 52.3 Å². The third-order valence-corrected chi connectivity index (χ3v) is 7.47. The smallest absolute Gasteiger partial charge is 0.223 e. The minimum atomic E-state index is -3.15. The van der Waals surface area contributed by atoms with E-state index in [9.17, 15) is 13.2 Å². The van der Waals surface area contributed by atoms with E-state index in [1.54, 1.807) is 19.1 Å². The summed E-state index contributed by atoms with van der Waals surface area (Å²) >= 11 is 0. The predicted octanol–water partition coefficient (Wildman–Crippen LogP) is 1.42. The summed E-state index contributed by atoms with van der Waals surface area (Å²) in [5.41, 5.74) is 1.04. The minimum Gasteiger partial charge on any atom is -0.371 e. The number of anilines is 1. The maximum absolute atomic E-state index is 12.3. The van der Waals surface area contributed by atoms with Crippen LogP contribution in [0, 0.1) is 11.8 Å². The zero-order chi connectivity index (χ0) is 18.7. The number of amides is 1. The predicted molar refractivity (Wildman–Crippen MR) is 103 cm³/mol. The Hall–Kier alpha value is -1.60. The van der Waals surface area contributed by atoms with E-state index in [0.29, 0.717) is 10.8 Å². The van der Waals surface area contributed by atoms with E-state index in [4.69, 9.17) is 0 Å². The Balaban J connectivity index is 1.51. The highest BCUT2D eigenvalue weighted by atomic mass is 32.2. The van der Waals surface area contributed by atoms with Crippen molar-refractivity contribution in [3.05, 3.63) is 24.3 Å². The SMILES string of the molecule is CCS(=O)(=O)c1ccc(N2CCC(NC(=O)C(C)C3CNC3)CC2)cc1. The summed E-state index contributed by atoms with van der Waals surface area (Å²) in [5.74, 6) is 0.826. The van der Waals surface area contributed by atoms with E-state index in [0.717, 1.165) is 44.7 Å². The second kappa shape index (κ2) is 7.96. The van der Waals surface area contributed by atoms with Gasteiger partial charge >= 0.3 is 0 Å². The first-order valence-electron chi connectivity index (χ1n) is 9.49. The molecule has 1 atom stereocenters. The zero-order valence-corrected chi connectivity index (χ0v) is 16.4. The number of sulfone groups is 1. The van der Waals surface area contributed by atoms with Crippen molar-refractivity contribution in [1.82, 2.24) is 10.6 Å². The van der Waals surface area contributed by atoms with Crippen molar-refractivity contribution in [3.63, 3.8) is 0 Å². The van der Waals surface area contributed by atoms with E-state index in [2.05, 4.69) is 15.5 Å². The number of piperidine rings is 1. The second-order valence-electron chi connectivity index (χ2n) is 7.37. The standard InChI is InChI=1S/C19H29N3O3S/c1-3-26(24,25)18-6-4-17(5-7-18)22-10-8-16(9-11-22)21-19(23)14(2)15-12-20-13-15/h4-7,14-16,20H,3,8-13H2,1-2H3,(H,21,23). The Kier molecular flexibility index (Phi) is 5.87. The molecule has 1 aromatic rings. The molecular weight excluding hydrogens is 350 g/mol. The molecule has 0 aromatic heterocycles. The fraction of sp³-hybridized carbons (Fsp3) is 0.632. The average molecular weight is 380 g/mol. The number of hydrogen-bond donors (Lipinski definition) is 2. The molecule has 1 unspecified atom stereocenters. The number of nitrogens with one attached hydrogen (secondary N) is 2. The van der Waals surface area contributed by atoms with Crippen LogP contribution in [0.1, 0.15) is 26.7 Å². The number of hydrogen-bond acceptors (Lipinski definition) is 5. The molecule has 0 aliphatic carbocycles. The first kappa shape index (κ1) is 19.2. The molecule has 2 aliphatic rings. The third-order valence-electron chi connectivity index (χ3n) is 5.72. The normalized spacial score (nSPS) is 20.5. The molecule has 0 saturated carbocycles. The number of benzene rings is 1. The maximum atomic E-state index is 12.3. The number of carbonyl (C=O) groups excluding carboxylic acids is 1. The summed E-state index contributed by atoms with van der Waals surface area (Å²) < 4.78 is 23.8. The molecule has 144 valence electrons. The molecule has 2 fully saturated rings. The van der Waals surface area contributed by atoms with Gasteiger partial charge in [-0.25, -0.2) is 8.42 Å². The van der Waals surface area contributed by atoms with Crippen molar-refractivity contribution in [2.24, 2.45) is 11.8 Å². The van der Waals surface area contributed by atoms with E-state index < -0.39 is 9.84 Å². The van der Waals surface area contributed by atoms with Gasteiger partial charge in [0, 0.05) is 30.7 Å². The third kappa shape index (κ3) is 4.20. The van der Waals surface area contributed by atoms with Crippen molar-refractivity contribution in [2.45, 2.75) is 37.6 Å². The molecular formula is C19H29N3O3S. The van der Waals surface area contributed by atoms with E-state index in [1.165, 1.54) is 0 Å². The summed E-state index contributed by atoms with van der Waals surface area (Å²) in [6, 6.07) is 7.38. The summed E-state index contributed by atoms with van der Waals surface area (Å²) in [7, 11) is -3.15. The topological polar surface area (TPSA) is 78.5 Å². The Morgan fingerprint density at radius 3 is 2.35 bits per heavy atom. The molecule has 26 heavy (non-hydrogen) atoms. The molecule has 2 aliphatic heterocycles. The van der Waals surface area contributed by atoms with Gasteiger partial charge in [-0.05, 0) is 56.1 Å². The van der Waals surface area contributed by atoms with Gasteiger partial charge in [0.1, 0.15) is 0 Å². The lowest BCUT2D eigenvalue weighted by atomic mass is 9.88. The molecule has 0 bridgehead atoms. The fourth-order valence-electron chi connectivity index (χ4n) is 3.52. The molecule has 2 saturated heterocycles. The number of carbonyl (C=O) groups is 1. The van der Waals surface area contributed by atoms with Gasteiger partial charge in [-0.1, -0.05) is 13.8 Å². The van der Waals surface area contributed by atoms with Gasteiger partial charge in [0.05, 0.1) is 10.6 Å². The van der Waals surface area contributed by atoms with Crippen LogP contribution in [0.3, 0.4) is 0 Å². The molecule has 2 N–H and O–H groups in total. The van der Waals surface area contributed by atoms with Crippen molar-refractivity contribution in [3.8, 4) is 0 Å². The largest absolute Gasteiger partial charge is 0.371 e. The number of nitrogens with zero attached hydrogens (tertiary/aromatic N) is 1. The second-order valence-corrected chi connectivity index (χ2v) is 9.65. The van der Waals surface area contributed by atoms with Crippen molar-refractivity contribution >= 4 is 21.4 Å². The van der Waals surface area contributed by atoms with Gasteiger partial charge in [0.25, 0.3) is 0 Å².